The number of rotatable bonds is 5. The van der Waals surface area contributed by atoms with Crippen LogP contribution in [0.4, 0.5) is 0 Å². The van der Waals surface area contributed by atoms with Crippen molar-refractivity contribution in [2.75, 3.05) is 19.6 Å². The van der Waals surface area contributed by atoms with Gasteiger partial charge in [0.2, 0.25) is 11.8 Å². The molecule has 2 heterocycles. The monoisotopic (exact) mass is 347 g/mol. The SMILES string of the molecule is Cc1nc(=O)[nH]c(C)c1CCC(=O)N1CCNC[C@H]1C(=O)NC1CC1. The van der Waals surface area contributed by atoms with Gasteiger partial charge in [0.25, 0.3) is 0 Å². The van der Waals surface area contributed by atoms with Crippen LogP contribution in [-0.2, 0) is 16.0 Å². The topological polar surface area (TPSA) is 107 Å². The molecule has 0 aromatic carbocycles. The van der Waals surface area contributed by atoms with Crippen LogP contribution >= 0.6 is 0 Å². The van der Waals surface area contributed by atoms with Crippen molar-refractivity contribution in [1.82, 2.24) is 25.5 Å². The zero-order valence-corrected chi connectivity index (χ0v) is 14.7. The molecule has 1 atom stereocenters. The van der Waals surface area contributed by atoms with Gasteiger partial charge in [0.1, 0.15) is 6.04 Å². The summed E-state index contributed by atoms with van der Waals surface area (Å²) in [5, 5.41) is 6.17. The third kappa shape index (κ3) is 4.25. The molecule has 1 aliphatic carbocycles. The Hall–Kier alpha value is -2.22. The van der Waals surface area contributed by atoms with Gasteiger partial charge >= 0.3 is 5.69 Å². The highest BCUT2D eigenvalue weighted by Gasteiger charge is 2.34. The van der Waals surface area contributed by atoms with Crippen LogP contribution in [0.5, 0.6) is 0 Å². The molecule has 0 spiro atoms. The minimum Gasteiger partial charge on any atom is -0.352 e. The fourth-order valence-corrected chi connectivity index (χ4v) is 3.26. The minimum atomic E-state index is -0.447. The summed E-state index contributed by atoms with van der Waals surface area (Å²) in [5.41, 5.74) is 1.91. The molecule has 2 fully saturated rings. The van der Waals surface area contributed by atoms with E-state index < -0.39 is 6.04 Å². The molecule has 1 aliphatic heterocycles. The summed E-state index contributed by atoms with van der Waals surface area (Å²) in [6.07, 6.45) is 2.85. The molecule has 136 valence electrons. The Kier molecular flexibility index (Phi) is 5.17. The van der Waals surface area contributed by atoms with E-state index in [1.54, 1.807) is 11.8 Å². The average molecular weight is 347 g/mol. The molecule has 1 saturated heterocycles. The number of H-pyrrole nitrogens is 1. The van der Waals surface area contributed by atoms with Crippen molar-refractivity contribution in [1.29, 1.82) is 0 Å². The van der Waals surface area contributed by atoms with Crippen LogP contribution in [0.1, 0.15) is 36.2 Å². The highest BCUT2D eigenvalue weighted by atomic mass is 16.2. The van der Waals surface area contributed by atoms with Gasteiger partial charge in [0.05, 0.1) is 0 Å². The van der Waals surface area contributed by atoms with E-state index in [0.717, 1.165) is 24.1 Å². The molecular weight excluding hydrogens is 322 g/mol. The lowest BCUT2D eigenvalue weighted by atomic mass is 10.0. The quantitative estimate of drug-likeness (QED) is 0.659. The van der Waals surface area contributed by atoms with Crippen molar-refractivity contribution in [2.24, 2.45) is 0 Å². The second kappa shape index (κ2) is 7.35. The molecule has 8 nitrogen and oxygen atoms in total. The summed E-state index contributed by atoms with van der Waals surface area (Å²) in [7, 11) is 0. The normalized spacial score (nSPS) is 20.4. The van der Waals surface area contributed by atoms with E-state index in [9.17, 15) is 14.4 Å². The second-order valence-electron chi connectivity index (χ2n) is 6.82. The number of hydrogen-bond acceptors (Lipinski definition) is 5. The van der Waals surface area contributed by atoms with Crippen molar-refractivity contribution in [3.8, 4) is 0 Å². The third-order valence-electron chi connectivity index (χ3n) is 4.83. The Morgan fingerprint density at radius 3 is 2.76 bits per heavy atom. The first-order valence-corrected chi connectivity index (χ1v) is 8.82. The molecule has 0 unspecified atom stereocenters. The summed E-state index contributed by atoms with van der Waals surface area (Å²) in [4.78, 5) is 44.7. The van der Waals surface area contributed by atoms with E-state index in [-0.39, 0.29) is 23.5 Å². The first-order valence-electron chi connectivity index (χ1n) is 8.82. The van der Waals surface area contributed by atoms with Crippen LogP contribution in [0.2, 0.25) is 0 Å². The highest BCUT2D eigenvalue weighted by molar-refractivity contribution is 5.88. The zero-order chi connectivity index (χ0) is 18.0. The number of nitrogens with zero attached hydrogens (tertiary/aromatic N) is 2. The largest absolute Gasteiger partial charge is 0.352 e. The molecule has 8 heteroatoms. The second-order valence-corrected chi connectivity index (χ2v) is 6.82. The summed E-state index contributed by atoms with van der Waals surface area (Å²) in [6, 6.07) is -0.165. The number of hydrogen-bond donors (Lipinski definition) is 3. The molecule has 3 N–H and O–H groups in total. The molecule has 3 rings (SSSR count). The van der Waals surface area contributed by atoms with E-state index in [4.69, 9.17) is 0 Å². The Morgan fingerprint density at radius 1 is 1.32 bits per heavy atom. The van der Waals surface area contributed by atoms with Crippen molar-refractivity contribution in [3.05, 3.63) is 27.4 Å². The van der Waals surface area contributed by atoms with E-state index in [1.807, 2.05) is 6.92 Å². The predicted molar refractivity (Wildman–Crippen MR) is 92.2 cm³/mol. The van der Waals surface area contributed by atoms with Crippen LogP contribution in [0.25, 0.3) is 0 Å². The van der Waals surface area contributed by atoms with E-state index in [1.165, 1.54) is 0 Å². The number of aryl methyl sites for hydroxylation is 2. The molecule has 1 aromatic rings. The van der Waals surface area contributed by atoms with Gasteiger partial charge < -0.3 is 20.5 Å². The summed E-state index contributed by atoms with van der Waals surface area (Å²) in [6.45, 7) is 5.30. The lowest BCUT2D eigenvalue weighted by Gasteiger charge is -2.35. The van der Waals surface area contributed by atoms with Gasteiger partial charge in [-0.15, -0.1) is 0 Å². The summed E-state index contributed by atoms with van der Waals surface area (Å²) >= 11 is 0. The molecule has 1 saturated carbocycles. The standard InChI is InChI=1S/C17H25N5O3/c1-10-13(11(2)20-17(25)19-10)5-6-15(23)22-8-7-18-9-14(22)16(24)21-12-3-4-12/h12,14,18H,3-9H2,1-2H3,(H,21,24)(H,19,20,25)/t14-/m0/s1. The van der Waals surface area contributed by atoms with Crippen LogP contribution in [-0.4, -0.2) is 58.4 Å². The van der Waals surface area contributed by atoms with Crippen LogP contribution in [0, 0.1) is 13.8 Å². The zero-order valence-electron chi connectivity index (χ0n) is 14.7. The van der Waals surface area contributed by atoms with Crippen molar-refractivity contribution < 1.29 is 9.59 Å². The minimum absolute atomic E-state index is 0.0394. The Morgan fingerprint density at radius 2 is 2.08 bits per heavy atom. The maximum atomic E-state index is 12.7. The van der Waals surface area contributed by atoms with Crippen LogP contribution < -0.4 is 16.3 Å². The molecule has 2 aliphatic rings. The van der Waals surface area contributed by atoms with Gasteiger partial charge in [-0.25, -0.2) is 4.79 Å². The lowest BCUT2D eigenvalue weighted by Crippen LogP contribution is -2.59. The van der Waals surface area contributed by atoms with E-state index >= 15 is 0 Å². The Bertz CT molecular complexity index is 699. The predicted octanol–water partition coefficient (Wildman–Crippen LogP) is -0.602. The van der Waals surface area contributed by atoms with E-state index in [0.29, 0.717) is 38.2 Å². The molecule has 0 bridgehead atoms. The number of aromatic amines is 1. The average Bonchev–Trinajstić information content (AvgIpc) is 3.37. The van der Waals surface area contributed by atoms with Gasteiger partial charge in [-0.3, -0.25) is 9.59 Å². The van der Waals surface area contributed by atoms with Crippen molar-refractivity contribution in [2.45, 2.75) is 51.6 Å². The number of nitrogens with one attached hydrogen (secondary N) is 3. The first-order chi connectivity index (χ1) is 12.0. The molecule has 1 aromatic heterocycles. The van der Waals surface area contributed by atoms with Crippen molar-refractivity contribution >= 4 is 11.8 Å². The van der Waals surface area contributed by atoms with E-state index in [2.05, 4.69) is 20.6 Å². The third-order valence-corrected chi connectivity index (χ3v) is 4.83. The number of carbonyl (C=O) groups is 2. The van der Waals surface area contributed by atoms with Gasteiger partial charge in [-0.05, 0) is 38.7 Å². The van der Waals surface area contributed by atoms with Crippen LogP contribution in [0.3, 0.4) is 0 Å². The van der Waals surface area contributed by atoms with Gasteiger partial charge in [-0.1, -0.05) is 0 Å². The fraction of sp³-hybridized carbons (Fsp3) is 0.647. The van der Waals surface area contributed by atoms with Crippen LogP contribution in [0.15, 0.2) is 4.79 Å². The number of piperazine rings is 1. The fourth-order valence-electron chi connectivity index (χ4n) is 3.26. The smallest absolute Gasteiger partial charge is 0.345 e. The molecule has 2 amide bonds. The molecular formula is C17H25N5O3. The van der Waals surface area contributed by atoms with Gasteiger partial charge in [-0.2, -0.15) is 4.98 Å². The maximum Gasteiger partial charge on any atom is 0.345 e. The van der Waals surface area contributed by atoms with Gasteiger partial charge in [0.15, 0.2) is 0 Å². The number of amides is 2. The lowest BCUT2D eigenvalue weighted by molar-refractivity contribution is -0.141. The highest BCUT2D eigenvalue weighted by Crippen LogP contribution is 2.19. The molecule has 0 radical (unpaired) electrons. The Balaban J connectivity index is 1.64. The Labute approximate surface area is 146 Å². The molecule has 25 heavy (non-hydrogen) atoms. The maximum absolute atomic E-state index is 12.7. The number of carbonyl (C=O) groups excluding carboxylic acids is 2. The summed E-state index contributed by atoms with van der Waals surface area (Å²) < 4.78 is 0. The summed E-state index contributed by atoms with van der Waals surface area (Å²) in [5.74, 6) is -0.108. The first kappa shape index (κ1) is 17.6. The van der Waals surface area contributed by atoms with Crippen molar-refractivity contribution in [3.63, 3.8) is 0 Å². The number of aromatic nitrogens is 2. The van der Waals surface area contributed by atoms with Gasteiger partial charge in [0, 0.05) is 43.5 Å².